The zero-order valence-corrected chi connectivity index (χ0v) is 11.8. The van der Waals surface area contributed by atoms with Crippen LogP contribution in [-0.2, 0) is 11.3 Å². The molecule has 17 heavy (non-hydrogen) atoms. The van der Waals surface area contributed by atoms with Crippen LogP contribution in [0.2, 0.25) is 0 Å². The molecule has 1 heterocycles. The molecule has 0 bridgehead atoms. The first-order chi connectivity index (χ1) is 8.02. The summed E-state index contributed by atoms with van der Waals surface area (Å²) in [4.78, 5) is 2.28. The van der Waals surface area contributed by atoms with Crippen molar-refractivity contribution >= 4 is 21.6 Å². The zero-order chi connectivity index (χ0) is 12.5. The van der Waals surface area contributed by atoms with Crippen molar-refractivity contribution in [1.82, 2.24) is 0 Å². The SMILES string of the molecule is CC1(C)CN(c2ccc(Br)cc2CO)CCO1. The first-order valence-corrected chi connectivity index (χ1v) is 6.59. The van der Waals surface area contributed by atoms with Gasteiger partial charge in [-0.05, 0) is 32.0 Å². The topological polar surface area (TPSA) is 32.7 Å². The molecule has 0 aromatic heterocycles. The molecular formula is C13H18BrNO2. The molecule has 0 radical (unpaired) electrons. The Labute approximate surface area is 111 Å². The van der Waals surface area contributed by atoms with Crippen molar-refractivity contribution in [1.29, 1.82) is 0 Å². The van der Waals surface area contributed by atoms with Crippen LogP contribution in [0.15, 0.2) is 22.7 Å². The summed E-state index contributed by atoms with van der Waals surface area (Å²) in [5, 5.41) is 9.42. The van der Waals surface area contributed by atoms with Crippen LogP contribution in [0.1, 0.15) is 19.4 Å². The maximum Gasteiger partial charge on any atom is 0.0801 e. The van der Waals surface area contributed by atoms with Crippen molar-refractivity contribution in [2.24, 2.45) is 0 Å². The minimum atomic E-state index is -0.127. The lowest BCUT2D eigenvalue weighted by Gasteiger charge is -2.40. The third-order valence-electron chi connectivity index (χ3n) is 2.98. The lowest BCUT2D eigenvalue weighted by Crippen LogP contribution is -2.48. The van der Waals surface area contributed by atoms with Gasteiger partial charge in [0, 0.05) is 28.8 Å². The first-order valence-electron chi connectivity index (χ1n) is 5.80. The normalized spacial score (nSPS) is 19.4. The molecule has 4 heteroatoms. The number of anilines is 1. The molecule has 0 unspecified atom stereocenters. The van der Waals surface area contributed by atoms with E-state index in [0.717, 1.165) is 35.4 Å². The highest BCUT2D eigenvalue weighted by atomic mass is 79.9. The average molecular weight is 300 g/mol. The lowest BCUT2D eigenvalue weighted by molar-refractivity contribution is -0.0277. The van der Waals surface area contributed by atoms with Crippen LogP contribution in [0.3, 0.4) is 0 Å². The second-order valence-corrected chi connectivity index (χ2v) is 5.88. The fourth-order valence-corrected chi connectivity index (χ4v) is 2.62. The smallest absolute Gasteiger partial charge is 0.0801 e. The van der Waals surface area contributed by atoms with Gasteiger partial charge in [0.25, 0.3) is 0 Å². The minimum Gasteiger partial charge on any atom is -0.392 e. The fourth-order valence-electron chi connectivity index (χ4n) is 2.21. The van der Waals surface area contributed by atoms with Gasteiger partial charge in [-0.3, -0.25) is 0 Å². The number of aliphatic hydroxyl groups is 1. The molecule has 2 rings (SSSR count). The Balaban J connectivity index is 2.27. The highest BCUT2D eigenvalue weighted by molar-refractivity contribution is 9.10. The van der Waals surface area contributed by atoms with E-state index in [1.54, 1.807) is 0 Å². The predicted octanol–water partition coefficient (Wildman–Crippen LogP) is 2.56. The van der Waals surface area contributed by atoms with Gasteiger partial charge in [-0.2, -0.15) is 0 Å². The molecule has 0 atom stereocenters. The molecule has 0 amide bonds. The third kappa shape index (κ3) is 3.00. The molecule has 1 fully saturated rings. The lowest BCUT2D eigenvalue weighted by atomic mass is 10.1. The summed E-state index contributed by atoms with van der Waals surface area (Å²) in [6.45, 7) is 6.70. The molecule has 1 saturated heterocycles. The van der Waals surface area contributed by atoms with Gasteiger partial charge in [-0.25, -0.2) is 0 Å². The summed E-state index contributed by atoms with van der Waals surface area (Å²) in [7, 11) is 0. The van der Waals surface area contributed by atoms with Gasteiger partial charge in [0.15, 0.2) is 0 Å². The Hall–Kier alpha value is -0.580. The minimum absolute atomic E-state index is 0.0621. The van der Waals surface area contributed by atoms with Crippen molar-refractivity contribution < 1.29 is 9.84 Å². The van der Waals surface area contributed by atoms with Crippen molar-refractivity contribution in [3.05, 3.63) is 28.2 Å². The number of aliphatic hydroxyl groups excluding tert-OH is 1. The summed E-state index contributed by atoms with van der Waals surface area (Å²) in [5.41, 5.74) is 1.93. The number of hydrogen-bond acceptors (Lipinski definition) is 3. The predicted molar refractivity (Wildman–Crippen MR) is 72.3 cm³/mol. The van der Waals surface area contributed by atoms with E-state index < -0.39 is 0 Å². The van der Waals surface area contributed by atoms with Gasteiger partial charge >= 0.3 is 0 Å². The average Bonchev–Trinajstić information content (AvgIpc) is 2.27. The zero-order valence-electron chi connectivity index (χ0n) is 10.2. The molecule has 94 valence electrons. The van der Waals surface area contributed by atoms with E-state index >= 15 is 0 Å². The number of hydrogen-bond donors (Lipinski definition) is 1. The highest BCUT2D eigenvalue weighted by Gasteiger charge is 2.28. The maximum absolute atomic E-state index is 9.42. The van der Waals surface area contributed by atoms with Crippen LogP contribution in [0.4, 0.5) is 5.69 Å². The highest BCUT2D eigenvalue weighted by Crippen LogP contribution is 2.28. The fraction of sp³-hybridized carbons (Fsp3) is 0.538. The van der Waals surface area contributed by atoms with Crippen molar-refractivity contribution in [2.75, 3.05) is 24.6 Å². The molecule has 1 aromatic carbocycles. The number of ether oxygens (including phenoxy) is 1. The van der Waals surface area contributed by atoms with E-state index in [1.165, 1.54) is 0 Å². The van der Waals surface area contributed by atoms with E-state index in [-0.39, 0.29) is 12.2 Å². The molecule has 0 spiro atoms. The van der Waals surface area contributed by atoms with Crippen molar-refractivity contribution in [3.8, 4) is 0 Å². The second kappa shape index (κ2) is 4.96. The number of benzene rings is 1. The summed E-state index contributed by atoms with van der Waals surface area (Å²) >= 11 is 3.43. The van der Waals surface area contributed by atoms with Gasteiger partial charge in [0.1, 0.15) is 0 Å². The van der Waals surface area contributed by atoms with E-state index in [1.807, 2.05) is 12.1 Å². The van der Waals surface area contributed by atoms with Crippen molar-refractivity contribution in [3.63, 3.8) is 0 Å². The van der Waals surface area contributed by atoms with Crippen LogP contribution >= 0.6 is 15.9 Å². The number of nitrogens with zero attached hydrogens (tertiary/aromatic N) is 1. The molecule has 3 nitrogen and oxygen atoms in total. The van der Waals surface area contributed by atoms with Crippen LogP contribution in [-0.4, -0.2) is 30.4 Å². The Kier molecular flexibility index (Phi) is 3.76. The maximum atomic E-state index is 9.42. The monoisotopic (exact) mass is 299 g/mol. The van der Waals surface area contributed by atoms with Gasteiger partial charge in [-0.1, -0.05) is 15.9 Å². The summed E-state index contributed by atoms with van der Waals surface area (Å²) in [5.74, 6) is 0. The number of morpholine rings is 1. The first kappa shape index (κ1) is 12.9. The molecule has 1 aromatic rings. The number of rotatable bonds is 2. The summed E-state index contributed by atoms with van der Waals surface area (Å²) in [6, 6.07) is 6.03. The largest absolute Gasteiger partial charge is 0.392 e. The van der Waals surface area contributed by atoms with Crippen LogP contribution in [0, 0.1) is 0 Å². The van der Waals surface area contributed by atoms with E-state index in [2.05, 4.69) is 40.7 Å². The standard InChI is InChI=1S/C13H18BrNO2/c1-13(2)9-15(5-6-17-13)12-4-3-11(14)7-10(12)8-16/h3-4,7,16H,5-6,8-9H2,1-2H3. The van der Waals surface area contributed by atoms with Gasteiger partial charge < -0.3 is 14.7 Å². The molecular weight excluding hydrogens is 282 g/mol. The summed E-state index contributed by atoms with van der Waals surface area (Å²) < 4.78 is 6.70. The Morgan fingerprint density at radius 1 is 1.47 bits per heavy atom. The Morgan fingerprint density at radius 2 is 2.24 bits per heavy atom. The van der Waals surface area contributed by atoms with Gasteiger partial charge in [0.2, 0.25) is 0 Å². The van der Waals surface area contributed by atoms with Gasteiger partial charge in [0.05, 0.1) is 18.8 Å². The third-order valence-corrected chi connectivity index (χ3v) is 3.47. The summed E-state index contributed by atoms with van der Waals surface area (Å²) in [6.07, 6.45) is 0. The van der Waals surface area contributed by atoms with E-state index in [0.29, 0.717) is 0 Å². The molecule has 1 N–H and O–H groups in total. The number of halogens is 1. The molecule has 1 aliphatic rings. The second-order valence-electron chi connectivity index (χ2n) is 4.96. The molecule has 0 saturated carbocycles. The molecule has 0 aliphatic carbocycles. The van der Waals surface area contributed by atoms with Crippen LogP contribution in [0.25, 0.3) is 0 Å². The van der Waals surface area contributed by atoms with Crippen molar-refractivity contribution in [2.45, 2.75) is 26.1 Å². The van der Waals surface area contributed by atoms with E-state index in [9.17, 15) is 5.11 Å². The quantitative estimate of drug-likeness (QED) is 0.911. The Bertz CT molecular complexity index is 406. The van der Waals surface area contributed by atoms with Crippen LogP contribution in [0.5, 0.6) is 0 Å². The Morgan fingerprint density at radius 3 is 2.88 bits per heavy atom. The van der Waals surface area contributed by atoms with Gasteiger partial charge in [-0.15, -0.1) is 0 Å². The van der Waals surface area contributed by atoms with E-state index in [4.69, 9.17) is 4.74 Å². The molecule has 1 aliphatic heterocycles. The van der Waals surface area contributed by atoms with Crippen LogP contribution < -0.4 is 4.90 Å².